The lowest BCUT2D eigenvalue weighted by Crippen LogP contribution is -2.46. The molecule has 0 aromatic rings. The third-order valence-corrected chi connectivity index (χ3v) is 12.3. The van der Waals surface area contributed by atoms with E-state index in [1.165, 1.54) is 11.1 Å². The van der Waals surface area contributed by atoms with Gasteiger partial charge < -0.3 is 0 Å². The minimum atomic E-state index is -0.666. The minimum Gasteiger partial charge on any atom is -0.0567 e. The molecule has 0 unspecified atom stereocenters. The molecule has 3 aliphatic rings. The summed E-state index contributed by atoms with van der Waals surface area (Å²) in [6.45, 7) is 0. The largest absolute Gasteiger partial charge is 0.0598 e. The van der Waals surface area contributed by atoms with E-state index in [2.05, 4.69) is 0 Å². The molecule has 1 heteroatoms. The van der Waals surface area contributed by atoms with Gasteiger partial charge in [-0.1, -0.05) is 63.5 Å². The molecule has 3 rings (SSSR count). The molecule has 0 aromatic carbocycles. The van der Waals surface area contributed by atoms with Crippen LogP contribution in [0.25, 0.3) is 0 Å². The lowest BCUT2D eigenvalue weighted by Gasteiger charge is -2.50. The van der Waals surface area contributed by atoms with Crippen molar-refractivity contribution in [2.75, 3.05) is 0 Å². The van der Waals surface area contributed by atoms with Crippen molar-refractivity contribution in [1.82, 2.24) is 0 Å². The Balaban J connectivity index is 1.77. The summed E-state index contributed by atoms with van der Waals surface area (Å²) in [4.78, 5) is 0. The molecule has 0 aromatic heterocycles. The smallest absolute Gasteiger partial charge is 0.0567 e. The molecule has 74 valence electrons. The molecule has 0 spiro atoms. The highest BCUT2D eigenvalue weighted by atomic mass is 28.3. The van der Waals surface area contributed by atoms with E-state index in [-0.39, 0.29) is 0 Å². The Labute approximate surface area is 83.1 Å². The normalized spacial score (nSPS) is 34.2. The second kappa shape index (κ2) is 3.11. The fourth-order valence-corrected chi connectivity index (χ4v) is 11.6. The second-order valence-electron chi connectivity index (χ2n) is 5.70. The van der Waals surface area contributed by atoms with Crippen LogP contribution in [0.2, 0.25) is 23.2 Å². The fraction of sp³-hybridized carbons (Fsp3) is 1.00. The summed E-state index contributed by atoms with van der Waals surface area (Å²) in [5.41, 5.74) is 2.61. The van der Waals surface area contributed by atoms with E-state index < -0.39 is 8.07 Å². The molecule has 0 bridgehead atoms. The van der Waals surface area contributed by atoms with Crippen LogP contribution in [0.15, 0.2) is 0 Å². The molecule has 0 nitrogen and oxygen atoms in total. The van der Waals surface area contributed by atoms with E-state index >= 15 is 0 Å². The van der Waals surface area contributed by atoms with Gasteiger partial charge in [0.15, 0.2) is 0 Å². The van der Waals surface area contributed by atoms with Crippen molar-refractivity contribution in [3.05, 3.63) is 0 Å². The zero-order valence-electron chi connectivity index (χ0n) is 8.73. The van der Waals surface area contributed by atoms with Crippen molar-refractivity contribution in [3.63, 3.8) is 0 Å². The molecule has 0 amide bonds. The van der Waals surface area contributed by atoms with Crippen molar-refractivity contribution >= 4 is 8.07 Å². The van der Waals surface area contributed by atoms with E-state index in [4.69, 9.17) is 0 Å². The molecule has 2 aliphatic carbocycles. The summed E-state index contributed by atoms with van der Waals surface area (Å²) in [6, 6.07) is 3.48. The molecule has 0 N–H and O–H groups in total. The molecular formula is C12H22Si. The second-order valence-corrected chi connectivity index (χ2v) is 10.8. The summed E-state index contributed by atoms with van der Waals surface area (Å²) in [5, 5.41) is 0. The highest BCUT2D eigenvalue weighted by Gasteiger charge is 2.51. The van der Waals surface area contributed by atoms with Crippen molar-refractivity contribution in [2.45, 2.75) is 74.5 Å². The summed E-state index contributed by atoms with van der Waals surface area (Å²) < 4.78 is 0. The quantitative estimate of drug-likeness (QED) is 0.574. The van der Waals surface area contributed by atoms with Crippen LogP contribution in [0, 0.1) is 0 Å². The molecule has 1 aliphatic heterocycles. The molecule has 0 atom stereocenters. The Morgan fingerprint density at radius 3 is 1.38 bits per heavy atom. The molecule has 3 fully saturated rings. The summed E-state index contributed by atoms with van der Waals surface area (Å²) in [7, 11) is -0.666. The first-order valence-electron chi connectivity index (χ1n) is 6.42. The zero-order valence-corrected chi connectivity index (χ0v) is 9.73. The number of rotatable bonds is 2. The number of hydrogen-bond donors (Lipinski definition) is 0. The Morgan fingerprint density at radius 2 is 1.08 bits per heavy atom. The average Bonchev–Trinajstić information content (AvgIpc) is 2.28. The van der Waals surface area contributed by atoms with E-state index in [9.17, 15) is 0 Å². The van der Waals surface area contributed by atoms with Gasteiger partial charge >= 0.3 is 0 Å². The van der Waals surface area contributed by atoms with E-state index in [0.29, 0.717) is 0 Å². The maximum atomic E-state index is 1.74. The topological polar surface area (TPSA) is 0 Å². The highest BCUT2D eigenvalue weighted by molar-refractivity contribution is 6.83. The van der Waals surface area contributed by atoms with Crippen molar-refractivity contribution in [1.29, 1.82) is 0 Å². The summed E-state index contributed by atoms with van der Waals surface area (Å²) in [5.74, 6) is 0. The summed E-state index contributed by atoms with van der Waals surface area (Å²) >= 11 is 0. The predicted molar refractivity (Wildman–Crippen MR) is 59.8 cm³/mol. The lowest BCUT2D eigenvalue weighted by atomic mass is 9.98. The van der Waals surface area contributed by atoms with Crippen LogP contribution in [-0.4, -0.2) is 8.07 Å². The fourth-order valence-electron chi connectivity index (χ4n) is 4.15. The van der Waals surface area contributed by atoms with Crippen LogP contribution >= 0.6 is 0 Å². The van der Waals surface area contributed by atoms with Crippen LogP contribution in [0.4, 0.5) is 0 Å². The van der Waals surface area contributed by atoms with Gasteiger partial charge in [-0.25, -0.2) is 0 Å². The summed E-state index contributed by atoms with van der Waals surface area (Å²) in [6.07, 6.45) is 12.9. The van der Waals surface area contributed by atoms with Crippen LogP contribution < -0.4 is 0 Å². The first-order valence-corrected chi connectivity index (χ1v) is 8.99. The maximum absolute atomic E-state index is 1.74. The van der Waals surface area contributed by atoms with Crippen molar-refractivity contribution in [3.8, 4) is 0 Å². The van der Waals surface area contributed by atoms with Gasteiger partial charge in [-0.15, -0.1) is 0 Å². The van der Waals surface area contributed by atoms with Gasteiger partial charge in [0.1, 0.15) is 0 Å². The van der Waals surface area contributed by atoms with Gasteiger partial charge in [-0.2, -0.15) is 0 Å². The first kappa shape index (κ1) is 8.52. The van der Waals surface area contributed by atoms with E-state index in [1.54, 1.807) is 63.5 Å². The lowest BCUT2D eigenvalue weighted by molar-refractivity contribution is 0.429. The van der Waals surface area contributed by atoms with E-state index in [0.717, 1.165) is 0 Å². The first-order chi connectivity index (χ1) is 6.42. The standard InChI is InChI=1S/C12H22Si/c1-2-10-13(9-1,11-5-3-6-11)12-7-4-8-12/h11-12H,1-10H2. The number of hydrogen-bond acceptors (Lipinski definition) is 0. The van der Waals surface area contributed by atoms with E-state index in [1.807, 2.05) is 0 Å². The Kier molecular flexibility index (Phi) is 2.04. The third kappa shape index (κ3) is 1.16. The Hall–Kier alpha value is 0.217. The van der Waals surface area contributed by atoms with Crippen LogP contribution in [0.1, 0.15) is 51.4 Å². The highest BCUT2D eigenvalue weighted by Crippen LogP contribution is 2.59. The van der Waals surface area contributed by atoms with Gasteiger partial charge in [0.25, 0.3) is 0 Å². The van der Waals surface area contributed by atoms with Gasteiger partial charge in [-0.05, 0) is 11.1 Å². The minimum absolute atomic E-state index is 0.666. The van der Waals surface area contributed by atoms with Crippen molar-refractivity contribution < 1.29 is 0 Å². The maximum Gasteiger partial charge on any atom is 0.0598 e. The van der Waals surface area contributed by atoms with Crippen LogP contribution in [-0.2, 0) is 0 Å². The molecule has 0 radical (unpaired) electrons. The van der Waals surface area contributed by atoms with Crippen molar-refractivity contribution in [2.24, 2.45) is 0 Å². The SMILES string of the molecule is C1CC([Si]2(C3CCC3)CCCC2)C1. The van der Waals surface area contributed by atoms with Crippen LogP contribution in [0.3, 0.4) is 0 Å². The molecule has 2 saturated carbocycles. The van der Waals surface area contributed by atoms with Crippen LogP contribution in [0.5, 0.6) is 0 Å². The van der Waals surface area contributed by atoms with Gasteiger partial charge in [0, 0.05) is 0 Å². The van der Waals surface area contributed by atoms with Gasteiger partial charge in [-0.3, -0.25) is 0 Å². The molecule has 1 saturated heterocycles. The zero-order chi connectivity index (χ0) is 8.73. The Bertz CT molecular complexity index is 169. The average molecular weight is 194 g/mol. The monoisotopic (exact) mass is 194 g/mol. The third-order valence-electron chi connectivity index (χ3n) is 5.37. The Morgan fingerprint density at radius 1 is 0.615 bits per heavy atom. The predicted octanol–water partition coefficient (Wildman–Crippen LogP) is 4.34. The molecule has 13 heavy (non-hydrogen) atoms. The van der Waals surface area contributed by atoms with Gasteiger partial charge in [0.2, 0.25) is 0 Å². The van der Waals surface area contributed by atoms with Gasteiger partial charge in [0.05, 0.1) is 8.07 Å². The molecular weight excluding hydrogens is 172 g/mol. The molecule has 1 heterocycles.